The number of aliphatic hydroxyl groups is 1. The molecule has 1 saturated heterocycles. The van der Waals surface area contributed by atoms with Crippen LogP contribution in [0.15, 0.2) is 97.1 Å². The number of hydrogen-bond acceptors (Lipinski definition) is 7. The SMILES string of the molecule is COc1ccc(C(=O)Nc2ccc3c(c2)[C@]2(O[C@@H](CC(=O)N4Cc5ccccc5C[C@H]4CO)[C@H]([Si](C)(C)O)[C@H]2C)C(=O)N3Cc2ccccc2)cc1. The Morgan fingerprint density at radius 3 is 2.35 bits per heavy atom. The van der Waals surface area contributed by atoms with Crippen LogP contribution in [0.2, 0.25) is 18.6 Å². The largest absolute Gasteiger partial charge is 0.497 e. The van der Waals surface area contributed by atoms with E-state index in [1.807, 2.05) is 80.7 Å². The predicted octanol–water partition coefficient (Wildman–Crippen LogP) is 5.63. The number of anilines is 2. The average molecular weight is 720 g/mol. The van der Waals surface area contributed by atoms with E-state index in [2.05, 4.69) is 5.32 Å². The molecule has 0 aliphatic carbocycles. The van der Waals surface area contributed by atoms with E-state index in [4.69, 9.17) is 9.47 Å². The van der Waals surface area contributed by atoms with Gasteiger partial charge in [-0.3, -0.25) is 14.4 Å². The van der Waals surface area contributed by atoms with E-state index in [9.17, 15) is 24.3 Å². The highest BCUT2D eigenvalue weighted by atomic mass is 28.4. The summed E-state index contributed by atoms with van der Waals surface area (Å²) in [5.74, 6) is -0.661. The van der Waals surface area contributed by atoms with Gasteiger partial charge in [0.1, 0.15) is 5.75 Å². The molecule has 4 aromatic rings. The maximum absolute atomic E-state index is 15.0. The second-order valence-corrected chi connectivity index (χ2v) is 18.7. The van der Waals surface area contributed by atoms with Gasteiger partial charge in [0.05, 0.1) is 44.5 Å². The molecule has 3 amide bonds. The van der Waals surface area contributed by atoms with E-state index in [0.717, 1.165) is 16.7 Å². The van der Waals surface area contributed by atoms with Gasteiger partial charge in [0, 0.05) is 34.8 Å². The lowest BCUT2D eigenvalue weighted by atomic mass is 9.82. The van der Waals surface area contributed by atoms with Crippen LogP contribution in [-0.2, 0) is 39.4 Å². The second-order valence-electron chi connectivity index (χ2n) is 14.7. The Kier molecular flexibility index (Phi) is 9.55. The molecule has 0 radical (unpaired) electrons. The summed E-state index contributed by atoms with van der Waals surface area (Å²) in [5.41, 5.74) is 3.25. The zero-order valence-electron chi connectivity index (χ0n) is 29.9. The van der Waals surface area contributed by atoms with E-state index in [1.54, 1.807) is 53.3 Å². The van der Waals surface area contributed by atoms with Crippen LogP contribution in [0.4, 0.5) is 11.4 Å². The van der Waals surface area contributed by atoms with Crippen molar-refractivity contribution in [3.05, 3.63) is 125 Å². The number of aliphatic hydroxyl groups excluding tert-OH is 1. The Labute approximate surface area is 305 Å². The third kappa shape index (κ3) is 6.32. The minimum Gasteiger partial charge on any atom is -0.497 e. The number of methoxy groups -OCH3 is 1. The van der Waals surface area contributed by atoms with Crippen molar-refractivity contribution in [2.24, 2.45) is 5.92 Å². The van der Waals surface area contributed by atoms with Gasteiger partial charge in [0.25, 0.3) is 11.8 Å². The molecule has 0 aromatic heterocycles. The van der Waals surface area contributed by atoms with Crippen LogP contribution in [0.3, 0.4) is 0 Å². The molecule has 270 valence electrons. The van der Waals surface area contributed by atoms with Crippen LogP contribution in [0.1, 0.15) is 46.0 Å². The maximum atomic E-state index is 15.0. The molecule has 1 spiro atoms. The highest BCUT2D eigenvalue weighted by molar-refractivity contribution is 6.71. The first-order chi connectivity index (χ1) is 24.9. The molecule has 52 heavy (non-hydrogen) atoms. The van der Waals surface area contributed by atoms with Gasteiger partial charge in [-0.05, 0) is 78.7 Å². The Balaban J connectivity index is 1.25. The molecule has 3 aliphatic rings. The first kappa shape index (κ1) is 35.6. The third-order valence-electron chi connectivity index (χ3n) is 11.0. The van der Waals surface area contributed by atoms with Crippen LogP contribution in [0.5, 0.6) is 5.75 Å². The fourth-order valence-corrected chi connectivity index (χ4v) is 11.1. The summed E-state index contributed by atoms with van der Waals surface area (Å²) in [6.07, 6.45) is -0.280. The first-order valence-corrected chi connectivity index (χ1v) is 20.8. The van der Waals surface area contributed by atoms with E-state index >= 15 is 0 Å². The van der Waals surface area contributed by atoms with Crippen LogP contribution in [0.25, 0.3) is 0 Å². The molecule has 0 saturated carbocycles. The van der Waals surface area contributed by atoms with Gasteiger partial charge >= 0.3 is 0 Å². The van der Waals surface area contributed by atoms with Crippen molar-refractivity contribution in [1.29, 1.82) is 0 Å². The minimum atomic E-state index is -3.08. The number of carbonyl (C=O) groups is 3. The van der Waals surface area contributed by atoms with Crippen molar-refractivity contribution in [3.8, 4) is 5.75 Å². The average Bonchev–Trinajstić information content (AvgIpc) is 3.57. The van der Waals surface area contributed by atoms with Crippen molar-refractivity contribution in [2.45, 2.75) is 69.2 Å². The summed E-state index contributed by atoms with van der Waals surface area (Å²) in [6.45, 7) is 6.07. The van der Waals surface area contributed by atoms with Gasteiger partial charge in [-0.1, -0.05) is 61.5 Å². The van der Waals surface area contributed by atoms with Gasteiger partial charge in [-0.2, -0.15) is 0 Å². The molecular formula is C41H45N3O7Si. The van der Waals surface area contributed by atoms with Crippen LogP contribution >= 0.6 is 0 Å². The summed E-state index contributed by atoms with van der Waals surface area (Å²) >= 11 is 0. The Hall–Kier alpha value is -4.81. The van der Waals surface area contributed by atoms with Crippen molar-refractivity contribution in [3.63, 3.8) is 0 Å². The van der Waals surface area contributed by atoms with E-state index < -0.39 is 31.5 Å². The van der Waals surface area contributed by atoms with Gasteiger partial charge in [0.2, 0.25) is 5.91 Å². The van der Waals surface area contributed by atoms with E-state index in [-0.39, 0.29) is 36.8 Å². The second kappa shape index (κ2) is 14.0. The molecule has 0 bridgehead atoms. The van der Waals surface area contributed by atoms with Crippen LogP contribution in [0, 0.1) is 5.92 Å². The lowest BCUT2D eigenvalue weighted by Crippen LogP contribution is -2.48. The summed E-state index contributed by atoms with van der Waals surface area (Å²) in [6, 6.07) is 29.4. The number of benzene rings is 4. The fraction of sp³-hybridized carbons (Fsp3) is 0.341. The lowest BCUT2D eigenvalue weighted by molar-refractivity contribution is -0.151. The zero-order chi connectivity index (χ0) is 36.8. The Morgan fingerprint density at radius 2 is 1.67 bits per heavy atom. The maximum Gasteiger partial charge on any atom is 0.264 e. The van der Waals surface area contributed by atoms with Crippen molar-refractivity contribution in [2.75, 3.05) is 23.9 Å². The molecule has 10 nitrogen and oxygen atoms in total. The van der Waals surface area contributed by atoms with Crippen LogP contribution in [-0.4, -0.2) is 66.7 Å². The third-order valence-corrected chi connectivity index (χ3v) is 13.5. The lowest BCUT2D eigenvalue weighted by Gasteiger charge is -2.37. The molecule has 4 aromatic carbocycles. The number of fused-ring (bicyclic) bond motifs is 3. The van der Waals surface area contributed by atoms with Gasteiger partial charge in [0.15, 0.2) is 13.9 Å². The number of ether oxygens (including phenoxy) is 2. The van der Waals surface area contributed by atoms with E-state index in [1.165, 1.54) is 0 Å². The van der Waals surface area contributed by atoms with Gasteiger partial charge in [-0.25, -0.2) is 0 Å². The van der Waals surface area contributed by atoms with Crippen molar-refractivity contribution >= 4 is 37.4 Å². The summed E-state index contributed by atoms with van der Waals surface area (Å²) in [5, 5.41) is 13.3. The number of carbonyl (C=O) groups excluding carboxylic acids is 3. The molecule has 7 rings (SSSR count). The number of amides is 3. The molecule has 11 heteroatoms. The Morgan fingerprint density at radius 1 is 0.981 bits per heavy atom. The molecule has 0 unspecified atom stereocenters. The molecule has 5 atom stereocenters. The molecule has 1 fully saturated rings. The number of nitrogens with zero attached hydrogens (tertiary/aromatic N) is 2. The normalized spacial score (nSPS) is 23.8. The number of nitrogens with one attached hydrogen (secondary N) is 1. The minimum absolute atomic E-state index is 0.0540. The monoisotopic (exact) mass is 719 g/mol. The summed E-state index contributed by atoms with van der Waals surface area (Å²) < 4.78 is 12.2. The van der Waals surface area contributed by atoms with E-state index in [0.29, 0.717) is 47.8 Å². The smallest absolute Gasteiger partial charge is 0.264 e. The standard InChI is InChI=1S/C41H45N3O7Si/c1-26-38(52(3,4)49)36(22-37(46)43-24-30-13-9-8-12-29(30)20-32(43)25-45)51-41(26)34-21-31(42-39(47)28-14-17-33(50-2)18-15-28)16-19-35(34)44(40(41)48)23-27-10-6-5-7-11-27/h5-19,21,26,32,36,38,45,49H,20,22-25H2,1-4H3,(H,42,47)/t26-,32+,36+,38-,41+/m1/s1. The molecular weight excluding hydrogens is 675 g/mol. The fourth-order valence-electron chi connectivity index (χ4n) is 8.56. The first-order valence-electron chi connectivity index (χ1n) is 17.8. The highest BCUT2D eigenvalue weighted by Crippen LogP contribution is 2.60. The van der Waals surface area contributed by atoms with Gasteiger partial charge in [-0.15, -0.1) is 0 Å². The quantitative estimate of drug-likeness (QED) is 0.192. The summed E-state index contributed by atoms with van der Waals surface area (Å²) in [7, 11) is -1.51. The van der Waals surface area contributed by atoms with Crippen LogP contribution < -0.4 is 15.0 Å². The Bertz CT molecular complexity index is 1980. The molecule has 3 heterocycles. The van der Waals surface area contributed by atoms with Gasteiger partial charge < -0.3 is 34.5 Å². The molecule has 3 aliphatic heterocycles. The summed E-state index contributed by atoms with van der Waals surface area (Å²) in [4.78, 5) is 57.8. The predicted molar refractivity (Wildman–Crippen MR) is 200 cm³/mol. The van der Waals surface area contributed by atoms with Crippen molar-refractivity contribution in [1.82, 2.24) is 4.90 Å². The zero-order valence-corrected chi connectivity index (χ0v) is 30.9. The number of rotatable bonds is 9. The topological polar surface area (TPSA) is 129 Å². The van der Waals surface area contributed by atoms with Crippen molar-refractivity contribution < 1.29 is 33.8 Å². The molecule has 3 N–H and O–H groups in total. The highest BCUT2D eigenvalue weighted by Gasteiger charge is 2.66. The number of hydrogen-bond donors (Lipinski definition) is 3.